The maximum Gasteiger partial charge on any atom is 0.185 e. The highest BCUT2D eigenvalue weighted by Crippen LogP contribution is 2.42. The van der Waals surface area contributed by atoms with Gasteiger partial charge in [-0.05, 0) is 71.9 Å². The summed E-state index contributed by atoms with van der Waals surface area (Å²) >= 11 is 0. The van der Waals surface area contributed by atoms with E-state index in [9.17, 15) is 9.90 Å². The van der Waals surface area contributed by atoms with Crippen LogP contribution >= 0.6 is 0 Å². The number of nitrogens with two attached hydrogens (primary N) is 1. The van der Waals surface area contributed by atoms with Gasteiger partial charge in [-0.1, -0.05) is 34.6 Å². The molecule has 2 rings (SSSR count). The predicted molar refractivity (Wildman–Crippen MR) is 116 cm³/mol. The summed E-state index contributed by atoms with van der Waals surface area (Å²) in [7, 11) is 0. The fraction of sp³-hybridized carbons (Fsp3) is 0.375. The monoisotopic (exact) mass is 381 g/mol. The topological polar surface area (TPSA) is 72.5 Å². The van der Waals surface area contributed by atoms with E-state index >= 15 is 0 Å². The average molecular weight is 382 g/mol. The van der Waals surface area contributed by atoms with Crippen LogP contribution in [0.4, 0.5) is 5.69 Å². The molecule has 0 radical (unpaired) electrons. The van der Waals surface area contributed by atoms with Gasteiger partial charge >= 0.3 is 0 Å². The van der Waals surface area contributed by atoms with Gasteiger partial charge in [0, 0.05) is 11.3 Å². The zero-order valence-electron chi connectivity index (χ0n) is 17.5. The Hall–Kier alpha value is -2.75. The number of hydrogen-bond donors (Lipinski definition) is 2. The molecule has 2 aromatic carbocycles. The first kappa shape index (κ1) is 21.5. The molecule has 28 heavy (non-hydrogen) atoms. The molecule has 0 atom stereocenters. The molecular formula is C24H31NO3. The molecule has 0 saturated carbocycles. The lowest BCUT2D eigenvalue weighted by molar-refractivity contribution is 0.104. The Balaban J connectivity index is 2.55. The molecule has 4 heteroatoms. The summed E-state index contributed by atoms with van der Waals surface area (Å²) in [5.41, 5.74) is 9.30. The molecule has 0 saturated heterocycles. The summed E-state index contributed by atoms with van der Waals surface area (Å²) in [5.74, 6) is 1.05. The van der Waals surface area contributed by atoms with Gasteiger partial charge < -0.3 is 15.6 Å². The minimum Gasteiger partial charge on any atom is -0.507 e. The van der Waals surface area contributed by atoms with E-state index in [1.54, 1.807) is 30.3 Å². The van der Waals surface area contributed by atoms with E-state index in [-0.39, 0.29) is 23.4 Å². The second-order valence-electron chi connectivity index (χ2n) is 7.62. The van der Waals surface area contributed by atoms with E-state index < -0.39 is 0 Å². The smallest absolute Gasteiger partial charge is 0.185 e. The van der Waals surface area contributed by atoms with E-state index in [1.807, 2.05) is 26.8 Å². The van der Waals surface area contributed by atoms with Crippen molar-refractivity contribution in [2.24, 2.45) is 0 Å². The zero-order chi connectivity index (χ0) is 20.8. The summed E-state index contributed by atoms with van der Waals surface area (Å²) in [4.78, 5) is 12.6. The van der Waals surface area contributed by atoms with E-state index in [0.29, 0.717) is 29.2 Å². The lowest BCUT2D eigenvalue weighted by atomic mass is 9.90. The first-order valence-corrected chi connectivity index (χ1v) is 9.86. The maximum atomic E-state index is 12.6. The van der Waals surface area contributed by atoms with E-state index in [0.717, 1.165) is 17.5 Å². The summed E-state index contributed by atoms with van der Waals surface area (Å²) in [5, 5.41) is 10.9. The summed E-state index contributed by atoms with van der Waals surface area (Å²) in [6, 6.07) is 8.81. The molecule has 0 spiro atoms. The zero-order valence-corrected chi connectivity index (χ0v) is 17.5. The first-order valence-electron chi connectivity index (χ1n) is 9.86. The van der Waals surface area contributed by atoms with Crippen molar-refractivity contribution < 1.29 is 14.6 Å². The molecule has 0 aliphatic rings. The van der Waals surface area contributed by atoms with Gasteiger partial charge in [-0.15, -0.1) is 0 Å². The van der Waals surface area contributed by atoms with Crippen LogP contribution in [0.1, 0.15) is 79.9 Å². The largest absolute Gasteiger partial charge is 0.507 e. The van der Waals surface area contributed by atoms with Crippen LogP contribution in [-0.4, -0.2) is 17.5 Å². The highest BCUT2D eigenvalue weighted by Gasteiger charge is 2.21. The summed E-state index contributed by atoms with van der Waals surface area (Å²) in [6.45, 7) is 10.9. The molecule has 0 heterocycles. The van der Waals surface area contributed by atoms with Crippen LogP contribution in [0.5, 0.6) is 11.5 Å². The third-order valence-electron chi connectivity index (χ3n) is 4.64. The fourth-order valence-corrected chi connectivity index (χ4v) is 3.01. The van der Waals surface area contributed by atoms with Gasteiger partial charge in [0.25, 0.3) is 0 Å². The van der Waals surface area contributed by atoms with Crippen molar-refractivity contribution in [3.8, 4) is 11.5 Å². The molecule has 0 fully saturated rings. The Kier molecular flexibility index (Phi) is 7.27. The van der Waals surface area contributed by atoms with E-state index in [1.165, 1.54) is 6.08 Å². The molecule has 2 aromatic rings. The highest BCUT2D eigenvalue weighted by atomic mass is 16.5. The number of carbonyl (C=O) groups excluding carboxylic acids is 1. The first-order chi connectivity index (χ1) is 13.3. The predicted octanol–water partition coefficient (Wildman–Crippen LogP) is 5.91. The molecule has 4 nitrogen and oxygen atoms in total. The van der Waals surface area contributed by atoms with Crippen LogP contribution in [0.15, 0.2) is 36.4 Å². The van der Waals surface area contributed by atoms with Crippen LogP contribution in [0.2, 0.25) is 0 Å². The third-order valence-corrected chi connectivity index (χ3v) is 4.64. The molecule has 0 aliphatic carbocycles. The molecule has 0 amide bonds. The number of phenolic OH excluding ortho intramolecular Hbond substituents is 1. The lowest BCUT2D eigenvalue weighted by Gasteiger charge is -2.21. The minimum absolute atomic E-state index is 0.151. The van der Waals surface area contributed by atoms with Crippen molar-refractivity contribution in [3.05, 3.63) is 58.7 Å². The Labute approximate surface area is 168 Å². The standard InChI is InChI=1S/C24H31NO3/c1-6-13-28-24-19(11-12-22(26)17-7-9-18(25)10-8-17)23(27)20(15(2)3)14-21(24)16(4)5/h7-12,14-16,27H,6,13,25H2,1-5H3/b12-11+. The summed E-state index contributed by atoms with van der Waals surface area (Å²) in [6.07, 6.45) is 4.00. The van der Waals surface area contributed by atoms with Gasteiger partial charge in [-0.25, -0.2) is 0 Å². The van der Waals surface area contributed by atoms with Crippen molar-refractivity contribution in [1.29, 1.82) is 0 Å². The number of aromatic hydroxyl groups is 1. The number of anilines is 1. The summed E-state index contributed by atoms with van der Waals surface area (Å²) < 4.78 is 6.01. The molecule has 150 valence electrons. The maximum absolute atomic E-state index is 12.6. The minimum atomic E-state index is -0.151. The fourth-order valence-electron chi connectivity index (χ4n) is 3.01. The molecule has 0 aliphatic heterocycles. The molecule has 0 unspecified atom stereocenters. The van der Waals surface area contributed by atoms with Crippen LogP contribution in [-0.2, 0) is 0 Å². The number of ketones is 1. The highest BCUT2D eigenvalue weighted by molar-refractivity contribution is 6.07. The van der Waals surface area contributed by atoms with E-state index in [2.05, 4.69) is 13.8 Å². The van der Waals surface area contributed by atoms with Crippen molar-refractivity contribution in [1.82, 2.24) is 0 Å². The second-order valence-corrected chi connectivity index (χ2v) is 7.62. The van der Waals surface area contributed by atoms with Crippen molar-refractivity contribution in [2.45, 2.75) is 52.9 Å². The molecule has 0 bridgehead atoms. The van der Waals surface area contributed by atoms with E-state index in [4.69, 9.17) is 10.5 Å². The molecule has 3 N–H and O–H groups in total. The van der Waals surface area contributed by atoms with Gasteiger partial charge in [0.15, 0.2) is 5.78 Å². The number of hydrogen-bond acceptors (Lipinski definition) is 4. The van der Waals surface area contributed by atoms with Gasteiger partial charge in [-0.2, -0.15) is 0 Å². The van der Waals surface area contributed by atoms with Gasteiger partial charge in [0.2, 0.25) is 0 Å². The Morgan fingerprint density at radius 3 is 2.25 bits per heavy atom. The van der Waals surface area contributed by atoms with Crippen molar-refractivity contribution in [2.75, 3.05) is 12.3 Å². The Morgan fingerprint density at radius 2 is 1.71 bits per heavy atom. The van der Waals surface area contributed by atoms with Crippen molar-refractivity contribution in [3.63, 3.8) is 0 Å². The third kappa shape index (κ3) is 4.94. The number of phenols is 1. The SMILES string of the molecule is CCCOc1c(C(C)C)cc(C(C)C)c(O)c1/C=C/C(=O)c1ccc(N)cc1. The van der Waals surface area contributed by atoms with Gasteiger partial charge in [-0.3, -0.25) is 4.79 Å². The number of nitrogen functional groups attached to an aromatic ring is 1. The van der Waals surface area contributed by atoms with Crippen LogP contribution in [0.25, 0.3) is 6.08 Å². The number of rotatable bonds is 8. The van der Waals surface area contributed by atoms with Crippen LogP contribution in [0.3, 0.4) is 0 Å². The lowest BCUT2D eigenvalue weighted by Crippen LogP contribution is -2.05. The van der Waals surface area contributed by atoms with Gasteiger partial charge in [0.1, 0.15) is 11.5 Å². The molecular weight excluding hydrogens is 350 g/mol. The number of carbonyl (C=O) groups is 1. The number of benzene rings is 2. The van der Waals surface area contributed by atoms with Gasteiger partial charge in [0.05, 0.1) is 12.2 Å². The normalized spacial score (nSPS) is 11.5. The molecule has 0 aromatic heterocycles. The second kappa shape index (κ2) is 9.45. The van der Waals surface area contributed by atoms with Crippen LogP contribution < -0.4 is 10.5 Å². The van der Waals surface area contributed by atoms with Crippen LogP contribution in [0, 0.1) is 0 Å². The number of ether oxygens (including phenoxy) is 1. The average Bonchev–Trinajstić information content (AvgIpc) is 2.65. The Bertz CT molecular complexity index is 849. The quantitative estimate of drug-likeness (QED) is 0.339. The van der Waals surface area contributed by atoms with Crippen molar-refractivity contribution >= 4 is 17.5 Å². The Morgan fingerprint density at radius 1 is 1.11 bits per heavy atom. The number of allylic oxidation sites excluding steroid dienone is 1.